The minimum absolute atomic E-state index is 0.00360. The summed E-state index contributed by atoms with van der Waals surface area (Å²) in [5.74, 6) is -0.00360. The van der Waals surface area contributed by atoms with Gasteiger partial charge < -0.3 is 5.32 Å². The number of carbonyl (C=O) groups excluding carboxylic acids is 1. The van der Waals surface area contributed by atoms with Crippen LogP contribution in [0.1, 0.15) is 26.7 Å². The van der Waals surface area contributed by atoms with E-state index in [1.54, 1.807) is 18.2 Å². The zero-order chi connectivity index (χ0) is 18.4. The summed E-state index contributed by atoms with van der Waals surface area (Å²) < 4.78 is 26.8. The molecule has 1 fully saturated rings. The van der Waals surface area contributed by atoms with Crippen LogP contribution in [0.5, 0.6) is 0 Å². The quantitative estimate of drug-likeness (QED) is 0.776. The topological polar surface area (TPSA) is 69.7 Å². The Balaban J connectivity index is 1.91. The summed E-state index contributed by atoms with van der Waals surface area (Å²) in [4.78, 5) is 14.2. The number of benzene rings is 1. The van der Waals surface area contributed by atoms with Crippen LogP contribution >= 0.6 is 11.6 Å². The minimum atomic E-state index is -3.60. The van der Waals surface area contributed by atoms with Crippen LogP contribution in [0.15, 0.2) is 29.2 Å². The van der Waals surface area contributed by atoms with Gasteiger partial charge in [0.1, 0.15) is 4.90 Å². The first-order valence-corrected chi connectivity index (χ1v) is 10.5. The fourth-order valence-electron chi connectivity index (χ4n) is 2.89. The summed E-state index contributed by atoms with van der Waals surface area (Å²) in [5, 5.41) is 3.24. The Morgan fingerprint density at radius 2 is 1.76 bits per heavy atom. The highest BCUT2D eigenvalue weighted by molar-refractivity contribution is 7.89. The largest absolute Gasteiger partial charge is 0.352 e. The molecular formula is C17H26ClN3O3S. The van der Waals surface area contributed by atoms with E-state index in [0.29, 0.717) is 32.7 Å². The molecule has 25 heavy (non-hydrogen) atoms. The summed E-state index contributed by atoms with van der Waals surface area (Å²) in [6.45, 7) is 6.16. The van der Waals surface area contributed by atoms with Crippen molar-refractivity contribution in [2.45, 2.75) is 37.6 Å². The van der Waals surface area contributed by atoms with Gasteiger partial charge in [-0.1, -0.05) is 37.6 Å². The summed E-state index contributed by atoms with van der Waals surface area (Å²) >= 11 is 6.03. The Morgan fingerprint density at radius 3 is 2.32 bits per heavy atom. The Kier molecular flexibility index (Phi) is 7.25. The second-order valence-corrected chi connectivity index (χ2v) is 8.51. The first-order chi connectivity index (χ1) is 11.9. The molecule has 2 rings (SSSR count). The van der Waals surface area contributed by atoms with Crippen molar-refractivity contribution in [3.8, 4) is 0 Å². The molecule has 1 saturated heterocycles. The van der Waals surface area contributed by atoms with E-state index in [-0.39, 0.29) is 21.9 Å². The summed E-state index contributed by atoms with van der Waals surface area (Å²) in [7, 11) is -3.60. The maximum Gasteiger partial charge on any atom is 0.244 e. The first kappa shape index (κ1) is 20.2. The van der Waals surface area contributed by atoms with Crippen LogP contribution in [0.25, 0.3) is 0 Å². The fraction of sp³-hybridized carbons (Fsp3) is 0.588. The van der Waals surface area contributed by atoms with Gasteiger partial charge in [0.25, 0.3) is 0 Å². The molecule has 0 aromatic heterocycles. The van der Waals surface area contributed by atoms with E-state index >= 15 is 0 Å². The van der Waals surface area contributed by atoms with E-state index in [4.69, 9.17) is 11.6 Å². The molecular weight excluding hydrogens is 362 g/mol. The van der Waals surface area contributed by atoms with Gasteiger partial charge in [-0.3, -0.25) is 9.69 Å². The number of rotatable bonds is 7. The van der Waals surface area contributed by atoms with Crippen LogP contribution in [-0.4, -0.2) is 62.3 Å². The number of nitrogens with zero attached hydrogens (tertiary/aromatic N) is 2. The first-order valence-electron chi connectivity index (χ1n) is 8.64. The summed E-state index contributed by atoms with van der Waals surface area (Å²) in [5.41, 5.74) is 0. The van der Waals surface area contributed by atoms with Gasteiger partial charge in [-0.15, -0.1) is 0 Å². The predicted octanol–water partition coefficient (Wildman–Crippen LogP) is 1.95. The number of hydrogen-bond acceptors (Lipinski definition) is 4. The lowest BCUT2D eigenvalue weighted by Gasteiger charge is -2.33. The second kappa shape index (κ2) is 8.98. The normalized spacial score (nSPS) is 17.0. The molecule has 1 amide bonds. The molecule has 0 aliphatic carbocycles. The van der Waals surface area contributed by atoms with Gasteiger partial charge in [-0.2, -0.15) is 4.31 Å². The lowest BCUT2D eigenvalue weighted by atomic mass is 10.2. The molecule has 0 radical (unpaired) electrons. The second-order valence-electron chi connectivity index (χ2n) is 6.19. The third kappa shape index (κ3) is 5.17. The molecule has 1 aromatic carbocycles. The van der Waals surface area contributed by atoms with E-state index in [1.807, 2.05) is 18.7 Å². The van der Waals surface area contributed by atoms with Crippen LogP contribution < -0.4 is 5.32 Å². The number of nitrogens with one attached hydrogen (secondary N) is 1. The number of piperazine rings is 1. The molecule has 1 aliphatic heterocycles. The Bertz CT molecular complexity index is 684. The lowest BCUT2D eigenvalue weighted by molar-refractivity contribution is -0.123. The Morgan fingerprint density at radius 1 is 1.16 bits per heavy atom. The van der Waals surface area contributed by atoms with E-state index in [2.05, 4.69) is 5.32 Å². The van der Waals surface area contributed by atoms with Gasteiger partial charge in [0.2, 0.25) is 15.9 Å². The van der Waals surface area contributed by atoms with E-state index in [1.165, 1.54) is 10.4 Å². The van der Waals surface area contributed by atoms with Gasteiger partial charge in [0.05, 0.1) is 11.6 Å². The van der Waals surface area contributed by atoms with Crippen molar-refractivity contribution in [1.82, 2.24) is 14.5 Å². The highest BCUT2D eigenvalue weighted by Gasteiger charge is 2.30. The van der Waals surface area contributed by atoms with Crippen molar-refractivity contribution in [1.29, 1.82) is 0 Å². The minimum Gasteiger partial charge on any atom is -0.352 e. The lowest BCUT2D eigenvalue weighted by Crippen LogP contribution is -2.51. The van der Waals surface area contributed by atoms with Gasteiger partial charge in [-0.05, 0) is 25.0 Å². The van der Waals surface area contributed by atoms with E-state index in [0.717, 1.165) is 12.8 Å². The standard InChI is InChI=1S/C17H26ClN3O3S/c1-3-14(4-2)19-17(22)13-20-9-11-21(12-10-20)25(23,24)16-8-6-5-7-15(16)18/h5-8,14H,3-4,9-13H2,1-2H3,(H,19,22). The van der Waals surface area contributed by atoms with Crippen LogP contribution in [0, 0.1) is 0 Å². The van der Waals surface area contributed by atoms with Crippen molar-refractivity contribution in [2.75, 3.05) is 32.7 Å². The third-order valence-electron chi connectivity index (χ3n) is 4.50. The van der Waals surface area contributed by atoms with Crippen molar-refractivity contribution in [3.63, 3.8) is 0 Å². The summed E-state index contributed by atoms with van der Waals surface area (Å²) in [6, 6.07) is 6.67. The molecule has 1 heterocycles. The van der Waals surface area contributed by atoms with Crippen LogP contribution in [0.2, 0.25) is 5.02 Å². The molecule has 6 nitrogen and oxygen atoms in total. The Hall–Kier alpha value is -1.15. The average Bonchev–Trinajstić information content (AvgIpc) is 2.60. The molecule has 1 N–H and O–H groups in total. The van der Waals surface area contributed by atoms with Gasteiger partial charge in [0, 0.05) is 32.2 Å². The molecule has 140 valence electrons. The fourth-order valence-corrected chi connectivity index (χ4v) is 4.81. The predicted molar refractivity (Wildman–Crippen MR) is 99.2 cm³/mol. The number of amides is 1. The highest BCUT2D eigenvalue weighted by Crippen LogP contribution is 2.24. The number of carbonyl (C=O) groups is 1. The molecule has 0 atom stereocenters. The van der Waals surface area contributed by atoms with Crippen molar-refractivity contribution in [2.24, 2.45) is 0 Å². The number of sulfonamides is 1. The molecule has 0 spiro atoms. The third-order valence-corrected chi connectivity index (χ3v) is 6.90. The van der Waals surface area contributed by atoms with Crippen molar-refractivity contribution < 1.29 is 13.2 Å². The van der Waals surface area contributed by atoms with Gasteiger partial charge in [-0.25, -0.2) is 8.42 Å². The maximum absolute atomic E-state index is 12.7. The molecule has 1 aliphatic rings. The Labute approximate surface area is 155 Å². The van der Waals surface area contributed by atoms with Crippen LogP contribution in [-0.2, 0) is 14.8 Å². The highest BCUT2D eigenvalue weighted by atomic mass is 35.5. The number of halogens is 1. The maximum atomic E-state index is 12.7. The number of hydrogen-bond donors (Lipinski definition) is 1. The molecule has 0 bridgehead atoms. The molecule has 0 unspecified atom stereocenters. The molecule has 1 aromatic rings. The smallest absolute Gasteiger partial charge is 0.244 e. The van der Waals surface area contributed by atoms with Crippen molar-refractivity contribution in [3.05, 3.63) is 29.3 Å². The SMILES string of the molecule is CCC(CC)NC(=O)CN1CCN(S(=O)(=O)c2ccccc2Cl)CC1. The van der Waals surface area contributed by atoms with Crippen molar-refractivity contribution >= 4 is 27.5 Å². The van der Waals surface area contributed by atoms with Crippen LogP contribution in [0.3, 0.4) is 0 Å². The average molecular weight is 388 g/mol. The molecule has 0 saturated carbocycles. The monoisotopic (exact) mass is 387 g/mol. The van der Waals surface area contributed by atoms with E-state index in [9.17, 15) is 13.2 Å². The zero-order valence-corrected chi connectivity index (χ0v) is 16.3. The summed E-state index contributed by atoms with van der Waals surface area (Å²) in [6.07, 6.45) is 1.82. The van der Waals surface area contributed by atoms with Crippen LogP contribution in [0.4, 0.5) is 0 Å². The zero-order valence-electron chi connectivity index (χ0n) is 14.7. The molecule has 8 heteroatoms. The van der Waals surface area contributed by atoms with E-state index < -0.39 is 10.0 Å². The van der Waals surface area contributed by atoms with Gasteiger partial charge >= 0.3 is 0 Å². The van der Waals surface area contributed by atoms with Gasteiger partial charge in [0.15, 0.2) is 0 Å².